The molecule has 1 rings (SSSR count). The third kappa shape index (κ3) is 5.15. The predicted octanol–water partition coefficient (Wildman–Crippen LogP) is 2.68. The summed E-state index contributed by atoms with van der Waals surface area (Å²) in [5.74, 6) is -1.12. The van der Waals surface area contributed by atoms with Crippen LogP contribution in [0.25, 0.3) is 0 Å². The van der Waals surface area contributed by atoms with Gasteiger partial charge in [0.1, 0.15) is 11.7 Å². The Bertz CT molecular complexity index is 746. The Hall–Kier alpha value is -2.20. The zero-order valence-electron chi connectivity index (χ0n) is 15.1. The average molecular weight is 387 g/mol. The summed E-state index contributed by atoms with van der Waals surface area (Å²) in [4.78, 5) is 21.8. The molecule has 10 heteroatoms. The Balaban J connectivity index is 3.29. The van der Waals surface area contributed by atoms with Gasteiger partial charge in [-0.2, -0.15) is 4.31 Å². The number of hydrogen-bond donors (Lipinski definition) is 2. The van der Waals surface area contributed by atoms with Crippen LogP contribution in [0.3, 0.4) is 0 Å². The molecule has 0 radical (unpaired) electrons. The first-order valence-corrected chi connectivity index (χ1v) is 9.90. The van der Waals surface area contributed by atoms with Crippen molar-refractivity contribution in [3.8, 4) is 0 Å². The van der Waals surface area contributed by atoms with Crippen LogP contribution in [0.15, 0.2) is 23.1 Å². The molecule has 0 bridgehead atoms. The predicted molar refractivity (Wildman–Crippen MR) is 97.8 cm³/mol. The molecule has 0 aliphatic rings. The van der Waals surface area contributed by atoms with Gasteiger partial charge in [-0.1, -0.05) is 33.6 Å². The van der Waals surface area contributed by atoms with E-state index in [0.717, 1.165) is 12.5 Å². The van der Waals surface area contributed by atoms with Crippen LogP contribution in [-0.2, 0) is 14.8 Å². The molecule has 1 unspecified atom stereocenters. The highest BCUT2D eigenvalue weighted by Gasteiger charge is 2.27. The van der Waals surface area contributed by atoms with Crippen LogP contribution in [0.4, 0.5) is 11.4 Å². The lowest BCUT2D eigenvalue weighted by Crippen LogP contribution is -2.31. The molecule has 0 aliphatic heterocycles. The largest absolute Gasteiger partial charge is 0.480 e. The maximum Gasteiger partial charge on any atom is 0.326 e. The molecule has 1 aromatic rings. The van der Waals surface area contributed by atoms with E-state index in [1.165, 1.54) is 16.4 Å². The van der Waals surface area contributed by atoms with E-state index in [9.17, 15) is 28.4 Å². The lowest BCUT2D eigenvalue weighted by Gasteiger charge is -2.19. The van der Waals surface area contributed by atoms with Crippen LogP contribution < -0.4 is 5.32 Å². The number of anilines is 1. The number of aliphatic carboxylic acids is 1. The van der Waals surface area contributed by atoms with Crippen molar-refractivity contribution in [2.24, 2.45) is 0 Å². The second kappa shape index (κ2) is 9.48. The molecule has 0 saturated heterocycles. The van der Waals surface area contributed by atoms with Gasteiger partial charge in [0.15, 0.2) is 0 Å². The highest BCUT2D eigenvalue weighted by molar-refractivity contribution is 7.89. The third-order valence-electron chi connectivity index (χ3n) is 3.98. The molecule has 0 fully saturated rings. The number of hydrogen-bond acceptors (Lipinski definition) is 6. The number of carboxylic acids is 1. The van der Waals surface area contributed by atoms with Crippen molar-refractivity contribution in [3.05, 3.63) is 28.3 Å². The fourth-order valence-electron chi connectivity index (χ4n) is 2.51. The molecule has 0 aromatic heterocycles. The molecule has 1 atom stereocenters. The van der Waals surface area contributed by atoms with E-state index in [4.69, 9.17) is 0 Å². The standard InChI is InChI=1S/C16H25N3O6S/c1-4-7-8-14(16(20)21)17-13-10-9-12(11-15(13)19(22)23)26(24,25)18(5-2)6-3/h9-11,14,17H,4-8H2,1-3H3,(H,20,21). The van der Waals surface area contributed by atoms with Gasteiger partial charge >= 0.3 is 5.97 Å². The molecule has 1 aromatic carbocycles. The number of carbonyl (C=O) groups is 1. The van der Waals surface area contributed by atoms with Crippen molar-refractivity contribution in [3.63, 3.8) is 0 Å². The number of rotatable bonds is 11. The minimum absolute atomic E-state index is 0.0167. The number of nitro benzene ring substituents is 1. The van der Waals surface area contributed by atoms with Gasteiger partial charge in [0.05, 0.1) is 9.82 Å². The third-order valence-corrected chi connectivity index (χ3v) is 6.03. The molecule has 0 saturated carbocycles. The van der Waals surface area contributed by atoms with Crippen molar-refractivity contribution in [1.29, 1.82) is 0 Å². The maximum absolute atomic E-state index is 12.5. The molecule has 2 N–H and O–H groups in total. The first-order chi connectivity index (χ1) is 12.2. The molecule has 0 aliphatic carbocycles. The Morgan fingerprint density at radius 3 is 2.38 bits per heavy atom. The lowest BCUT2D eigenvalue weighted by molar-refractivity contribution is -0.384. The summed E-state index contributed by atoms with van der Waals surface area (Å²) in [6.07, 6.45) is 1.74. The topological polar surface area (TPSA) is 130 Å². The van der Waals surface area contributed by atoms with Crippen LogP contribution in [-0.4, -0.2) is 47.9 Å². The number of nitrogens with zero attached hydrogens (tertiary/aromatic N) is 2. The summed E-state index contributed by atoms with van der Waals surface area (Å²) in [6, 6.07) is 2.48. The second-order valence-electron chi connectivity index (χ2n) is 5.70. The molecular formula is C16H25N3O6S. The van der Waals surface area contributed by atoms with Crippen molar-refractivity contribution in [1.82, 2.24) is 4.31 Å². The van der Waals surface area contributed by atoms with Gasteiger partial charge in [0.25, 0.3) is 5.69 Å². The molecule has 0 amide bonds. The first kappa shape index (κ1) is 21.8. The van der Waals surface area contributed by atoms with Gasteiger partial charge in [-0.3, -0.25) is 10.1 Å². The number of carboxylic acid groups (broad SMARTS) is 1. The normalized spacial score (nSPS) is 12.8. The maximum atomic E-state index is 12.5. The first-order valence-electron chi connectivity index (χ1n) is 8.46. The van der Waals surface area contributed by atoms with E-state index in [2.05, 4.69) is 5.32 Å². The minimum Gasteiger partial charge on any atom is -0.480 e. The monoisotopic (exact) mass is 387 g/mol. The van der Waals surface area contributed by atoms with Crippen LogP contribution in [0.1, 0.15) is 40.0 Å². The van der Waals surface area contributed by atoms with Gasteiger partial charge in [0, 0.05) is 19.2 Å². The van der Waals surface area contributed by atoms with Crippen LogP contribution in [0.5, 0.6) is 0 Å². The second-order valence-corrected chi connectivity index (χ2v) is 7.64. The summed E-state index contributed by atoms with van der Waals surface area (Å²) in [6.45, 7) is 5.75. The number of nitrogens with one attached hydrogen (secondary N) is 1. The van der Waals surface area contributed by atoms with E-state index in [-0.39, 0.29) is 23.7 Å². The summed E-state index contributed by atoms with van der Waals surface area (Å²) < 4.78 is 26.3. The Labute approximate surface area is 153 Å². The summed E-state index contributed by atoms with van der Waals surface area (Å²) in [5.41, 5.74) is -0.488. The summed E-state index contributed by atoms with van der Waals surface area (Å²) >= 11 is 0. The molecule has 0 heterocycles. The van der Waals surface area contributed by atoms with Crippen molar-refractivity contribution in [2.45, 2.75) is 51.0 Å². The quantitative estimate of drug-likeness (QED) is 0.441. The number of nitro groups is 1. The summed E-state index contributed by atoms with van der Waals surface area (Å²) in [7, 11) is -3.85. The smallest absolute Gasteiger partial charge is 0.326 e. The molecular weight excluding hydrogens is 362 g/mol. The molecule has 26 heavy (non-hydrogen) atoms. The molecule has 9 nitrogen and oxygen atoms in total. The van der Waals surface area contributed by atoms with Crippen molar-refractivity contribution < 1.29 is 23.2 Å². The fourth-order valence-corrected chi connectivity index (χ4v) is 3.99. The van der Waals surface area contributed by atoms with Crippen LogP contribution >= 0.6 is 0 Å². The van der Waals surface area contributed by atoms with E-state index in [0.29, 0.717) is 12.8 Å². The Morgan fingerprint density at radius 2 is 1.92 bits per heavy atom. The Morgan fingerprint density at radius 1 is 1.31 bits per heavy atom. The van der Waals surface area contributed by atoms with Crippen molar-refractivity contribution in [2.75, 3.05) is 18.4 Å². The number of unbranched alkanes of at least 4 members (excludes halogenated alkanes) is 1. The minimum atomic E-state index is -3.85. The SMILES string of the molecule is CCCCC(Nc1ccc(S(=O)(=O)N(CC)CC)cc1[N+](=O)[O-])C(=O)O. The number of benzene rings is 1. The van der Waals surface area contributed by atoms with Gasteiger partial charge < -0.3 is 10.4 Å². The van der Waals surface area contributed by atoms with Gasteiger partial charge in [-0.25, -0.2) is 13.2 Å². The fraction of sp³-hybridized carbons (Fsp3) is 0.562. The summed E-state index contributed by atoms with van der Waals surface area (Å²) in [5, 5.41) is 23.3. The Kier molecular flexibility index (Phi) is 7.97. The van der Waals surface area contributed by atoms with Gasteiger partial charge in [0.2, 0.25) is 10.0 Å². The molecule has 146 valence electrons. The number of sulfonamides is 1. The average Bonchev–Trinajstić information content (AvgIpc) is 2.58. The van der Waals surface area contributed by atoms with Gasteiger partial charge in [-0.05, 0) is 18.6 Å². The molecule has 0 spiro atoms. The van der Waals surface area contributed by atoms with E-state index in [1.54, 1.807) is 13.8 Å². The van der Waals surface area contributed by atoms with E-state index in [1.807, 2.05) is 6.92 Å². The zero-order valence-corrected chi connectivity index (χ0v) is 16.0. The zero-order chi connectivity index (χ0) is 19.9. The highest BCUT2D eigenvalue weighted by Crippen LogP contribution is 2.30. The van der Waals surface area contributed by atoms with E-state index < -0.39 is 32.6 Å². The van der Waals surface area contributed by atoms with Gasteiger partial charge in [-0.15, -0.1) is 0 Å². The van der Waals surface area contributed by atoms with E-state index >= 15 is 0 Å². The lowest BCUT2D eigenvalue weighted by atomic mass is 10.1. The van der Waals surface area contributed by atoms with Crippen LogP contribution in [0, 0.1) is 10.1 Å². The highest BCUT2D eigenvalue weighted by atomic mass is 32.2. The van der Waals surface area contributed by atoms with Crippen molar-refractivity contribution >= 4 is 27.4 Å². The van der Waals surface area contributed by atoms with Crippen LogP contribution in [0.2, 0.25) is 0 Å².